The summed E-state index contributed by atoms with van der Waals surface area (Å²) in [5.41, 5.74) is -1.34. The molecule has 1 aliphatic heterocycles. The van der Waals surface area contributed by atoms with Gasteiger partial charge in [0.05, 0.1) is 12.7 Å². The quantitative estimate of drug-likeness (QED) is 0.859. The molecule has 1 saturated carbocycles. The minimum absolute atomic E-state index is 0.174. The number of amides is 1. The third-order valence-corrected chi connectivity index (χ3v) is 3.49. The van der Waals surface area contributed by atoms with E-state index in [0.717, 1.165) is 17.9 Å². The average molecular weight is 247 g/mol. The summed E-state index contributed by atoms with van der Waals surface area (Å²) < 4.78 is 0. The standard InChI is InChI=1S/C13H13NO4/c1-18-14-12(16)9-4-2-3-5-10(9)13(14,17)11(15)8-6-7-8/h2-5,8,17H,6-7H2,1H3/t13-/m1/s1. The SMILES string of the molecule is CON1C(=O)c2ccccc2[C@@]1(O)C(=O)C1CC1. The monoisotopic (exact) mass is 247 g/mol. The largest absolute Gasteiger partial charge is 0.359 e. The molecule has 1 N–H and O–H groups in total. The summed E-state index contributed by atoms with van der Waals surface area (Å²) in [6, 6.07) is 6.56. The molecular formula is C13H13NO4. The van der Waals surface area contributed by atoms with Crippen molar-refractivity contribution in [3.63, 3.8) is 0 Å². The van der Waals surface area contributed by atoms with Crippen molar-refractivity contribution in [2.24, 2.45) is 5.92 Å². The van der Waals surface area contributed by atoms with Crippen molar-refractivity contribution in [1.82, 2.24) is 5.06 Å². The lowest BCUT2D eigenvalue weighted by Crippen LogP contribution is -2.49. The number of nitrogens with zero attached hydrogens (tertiary/aromatic N) is 1. The fourth-order valence-electron chi connectivity index (χ4n) is 2.42. The normalized spacial score (nSPS) is 26.3. The maximum Gasteiger partial charge on any atom is 0.281 e. The van der Waals surface area contributed by atoms with E-state index >= 15 is 0 Å². The Hall–Kier alpha value is -1.72. The molecule has 2 aliphatic rings. The van der Waals surface area contributed by atoms with Crippen molar-refractivity contribution in [2.75, 3.05) is 7.11 Å². The Morgan fingerprint density at radius 2 is 2.11 bits per heavy atom. The lowest BCUT2D eigenvalue weighted by molar-refractivity contribution is -0.237. The Labute approximate surface area is 104 Å². The second-order valence-electron chi connectivity index (χ2n) is 4.64. The molecule has 1 aromatic rings. The van der Waals surface area contributed by atoms with Gasteiger partial charge in [-0.15, -0.1) is 0 Å². The zero-order valence-electron chi connectivity index (χ0n) is 9.92. The molecule has 1 aliphatic carbocycles. The molecule has 0 aromatic heterocycles. The number of benzene rings is 1. The van der Waals surface area contributed by atoms with E-state index in [-0.39, 0.29) is 11.7 Å². The predicted octanol–water partition coefficient (Wildman–Crippen LogP) is 0.828. The fraction of sp³-hybridized carbons (Fsp3) is 0.385. The lowest BCUT2D eigenvalue weighted by atomic mass is 9.95. The van der Waals surface area contributed by atoms with Crippen LogP contribution in [0.3, 0.4) is 0 Å². The Morgan fingerprint density at radius 1 is 1.44 bits per heavy atom. The molecule has 0 radical (unpaired) electrons. The van der Waals surface area contributed by atoms with E-state index in [1.807, 2.05) is 0 Å². The summed E-state index contributed by atoms with van der Waals surface area (Å²) in [6.45, 7) is 0. The van der Waals surface area contributed by atoms with Gasteiger partial charge in [-0.1, -0.05) is 18.2 Å². The van der Waals surface area contributed by atoms with Crippen LogP contribution in [0, 0.1) is 5.92 Å². The van der Waals surface area contributed by atoms with Gasteiger partial charge in [-0.2, -0.15) is 5.06 Å². The van der Waals surface area contributed by atoms with Gasteiger partial charge in [-0.25, -0.2) is 0 Å². The second-order valence-corrected chi connectivity index (χ2v) is 4.64. The molecule has 3 rings (SSSR count). The number of fused-ring (bicyclic) bond motifs is 1. The van der Waals surface area contributed by atoms with Gasteiger partial charge in [0.25, 0.3) is 11.6 Å². The number of aliphatic hydroxyl groups is 1. The third kappa shape index (κ3) is 1.28. The summed E-state index contributed by atoms with van der Waals surface area (Å²) in [5.74, 6) is -1.01. The number of ketones is 1. The van der Waals surface area contributed by atoms with Crippen LogP contribution in [0.5, 0.6) is 0 Å². The molecule has 1 atom stereocenters. The van der Waals surface area contributed by atoms with Crippen LogP contribution in [0.2, 0.25) is 0 Å². The van der Waals surface area contributed by atoms with E-state index < -0.39 is 11.6 Å². The molecule has 1 fully saturated rings. The van der Waals surface area contributed by atoms with Crippen molar-refractivity contribution in [3.05, 3.63) is 35.4 Å². The van der Waals surface area contributed by atoms with Gasteiger partial charge in [-0.3, -0.25) is 14.4 Å². The van der Waals surface area contributed by atoms with Crippen LogP contribution in [-0.4, -0.2) is 29.0 Å². The zero-order chi connectivity index (χ0) is 12.9. The minimum Gasteiger partial charge on any atom is -0.359 e. The first-order valence-corrected chi connectivity index (χ1v) is 5.85. The van der Waals surface area contributed by atoms with Crippen LogP contribution in [0.4, 0.5) is 0 Å². The van der Waals surface area contributed by atoms with E-state index in [1.165, 1.54) is 7.11 Å². The Morgan fingerprint density at radius 3 is 2.72 bits per heavy atom. The molecule has 0 spiro atoms. The van der Waals surface area contributed by atoms with Crippen LogP contribution in [0.1, 0.15) is 28.8 Å². The number of carbonyl (C=O) groups excluding carboxylic acids is 2. The maximum atomic E-state index is 12.3. The van der Waals surface area contributed by atoms with Crippen molar-refractivity contribution < 1.29 is 19.5 Å². The summed E-state index contributed by atoms with van der Waals surface area (Å²) >= 11 is 0. The molecule has 1 aromatic carbocycles. The minimum atomic E-state index is -1.97. The zero-order valence-corrected chi connectivity index (χ0v) is 9.92. The molecular weight excluding hydrogens is 234 g/mol. The number of Topliss-reactive ketones (excluding diaryl/α,β-unsaturated/α-hetero) is 1. The lowest BCUT2D eigenvalue weighted by Gasteiger charge is -2.30. The molecule has 0 saturated heterocycles. The van der Waals surface area contributed by atoms with E-state index in [4.69, 9.17) is 4.84 Å². The van der Waals surface area contributed by atoms with Crippen molar-refractivity contribution in [1.29, 1.82) is 0 Å². The summed E-state index contributed by atoms with van der Waals surface area (Å²) in [5, 5.41) is 11.5. The first-order valence-electron chi connectivity index (χ1n) is 5.85. The molecule has 5 heteroatoms. The smallest absolute Gasteiger partial charge is 0.281 e. The van der Waals surface area contributed by atoms with Crippen LogP contribution in [0.25, 0.3) is 0 Å². The highest BCUT2D eigenvalue weighted by molar-refractivity contribution is 6.06. The van der Waals surface area contributed by atoms with E-state index in [0.29, 0.717) is 11.1 Å². The van der Waals surface area contributed by atoms with Crippen LogP contribution in [0.15, 0.2) is 24.3 Å². The van der Waals surface area contributed by atoms with Gasteiger partial charge in [0, 0.05) is 11.5 Å². The Kier molecular flexibility index (Phi) is 2.30. The van der Waals surface area contributed by atoms with E-state index in [1.54, 1.807) is 24.3 Å². The first kappa shape index (κ1) is 11.4. The fourth-order valence-corrected chi connectivity index (χ4v) is 2.42. The summed E-state index contributed by atoms with van der Waals surface area (Å²) in [7, 11) is 1.27. The predicted molar refractivity (Wildman–Crippen MR) is 61.2 cm³/mol. The molecule has 18 heavy (non-hydrogen) atoms. The highest BCUT2D eigenvalue weighted by Gasteiger charge is 2.58. The molecule has 0 bridgehead atoms. The van der Waals surface area contributed by atoms with Crippen LogP contribution >= 0.6 is 0 Å². The van der Waals surface area contributed by atoms with Crippen molar-refractivity contribution in [3.8, 4) is 0 Å². The highest BCUT2D eigenvalue weighted by atomic mass is 16.7. The topological polar surface area (TPSA) is 66.8 Å². The molecule has 1 heterocycles. The van der Waals surface area contributed by atoms with Crippen molar-refractivity contribution >= 4 is 11.7 Å². The Bertz CT molecular complexity index is 538. The second kappa shape index (κ2) is 3.63. The summed E-state index contributed by atoms with van der Waals surface area (Å²) in [6.07, 6.45) is 1.52. The van der Waals surface area contributed by atoms with Gasteiger partial charge in [0.15, 0.2) is 5.78 Å². The van der Waals surface area contributed by atoms with E-state index in [2.05, 4.69) is 0 Å². The van der Waals surface area contributed by atoms with Gasteiger partial charge in [-0.05, 0) is 18.9 Å². The first-order chi connectivity index (χ1) is 8.60. The van der Waals surface area contributed by atoms with Gasteiger partial charge in [0.1, 0.15) is 0 Å². The average Bonchev–Trinajstić information content (AvgIpc) is 3.19. The van der Waals surface area contributed by atoms with Gasteiger partial charge in [0.2, 0.25) is 0 Å². The summed E-state index contributed by atoms with van der Waals surface area (Å²) in [4.78, 5) is 29.3. The maximum absolute atomic E-state index is 12.3. The van der Waals surface area contributed by atoms with Gasteiger partial charge < -0.3 is 5.11 Å². The van der Waals surface area contributed by atoms with E-state index in [9.17, 15) is 14.7 Å². The number of hydrogen-bond acceptors (Lipinski definition) is 4. The number of hydrogen-bond donors (Lipinski definition) is 1. The molecule has 1 amide bonds. The third-order valence-electron chi connectivity index (χ3n) is 3.49. The molecule has 94 valence electrons. The number of hydroxylamine groups is 2. The number of carbonyl (C=O) groups is 2. The highest BCUT2D eigenvalue weighted by Crippen LogP contribution is 2.44. The number of rotatable bonds is 3. The van der Waals surface area contributed by atoms with Crippen LogP contribution < -0.4 is 0 Å². The van der Waals surface area contributed by atoms with Crippen LogP contribution in [-0.2, 0) is 15.4 Å². The molecule has 5 nitrogen and oxygen atoms in total. The van der Waals surface area contributed by atoms with Gasteiger partial charge >= 0.3 is 0 Å². The van der Waals surface area contributed by atoms with Crippen molar-refractivity contribution in [2.45, 2.75) is 18.6 Å². The molecule has 0 unspecified atom stereocenters. The Balaban J connectivity index is 2.16.